The number of anilines is 2. The summed E-state index contributed by atoms with van der Waals surface area (Å²) in [6.07, 6.45) is 0.663. The Balaban J connectivity index is 1.49. The quantitative estimate of drug-likeness (QED) is 0.384. The number of carbonyl (C=O) groups excluding carboxylic acids is 1. The van der Waals surface area contributed by atoms with Gasteiger partial charge in [0, 0.05) is 11.3 Å². The molecule has 0 radical (unpaired) electrons. The maximum absolute atomic E-state index is 13.8. The number of benzene rings is 4. The molecule has 0 aliphatic carbocycles. The summed E-state index contributed by atoms with van der Waals surface area (Å²) in [4.78, 5) is 12.7. The Labute approximate surface area is 192 Å². The summed E-state index contributed by atoms with van der Waals surface area (Å²) in [5.74, 6) is -1.03. The Morgan fingerprint density at radius 3 is 2.03 bits per heavy atom. The number of para-hydroxylation sites is 2. The molecule has 5 nitrogen and oxygen atoms in total. The van der Waals surface area contributed by atoms with Crippen molar-refractivity contribution in [2.24, 2.45) is 0 Å². The maximum Gasteiger partial charge on any atom is 0.261 e. The highest BCUT2D eigenvalue weighted by Crippen LogP contribution is 2.22. The molecule has 33 heavy (non-hydrogen) atoms. The van der Waals surface area contributed by atoms with Crippen LogP contribution in [0.4, 0.5) is 15.8 Å². The molecule has 0 unspecified atom stereocenters. The van der Waals surface area contributed by atoms with Crippen molar-refractivity contribution in [2.45, 2.75) is 11.3 Å². The summed E-state index contributed by atoms with van der Waals surface area (Å²) in [7, 11) is -4.00. The standard InChI is InChI=1S/C26H21FN2O3S/c27-23-11-5-7-13-25(23)29-33(31,32)22-16-14-20(15-17-22)26(30)28-24-12-6-4-10-21(24)18-19-8-2-1-3-9-19/h1-17,29H,18H2,(H,28,30). The second-order valence-electron chi connectivity index (χ2n) is 7.38. The van der Waals surface area contributed by atoms with Gasteiger partial charge in [0.15, 0.2) is 0 Å². The van der Waals surface area contributed by atoms with Gasteiger partial charge in [-0.2, -0.15) is 0 Å². The van der Waals surface area contributed by atoms with Crippen molar-refractivity contribution in [3.05, 3.63) is 126 Å². The molecule has 0 aliphatic rings. The minimum absolute atomic E-state index is 0.0771. The molecular formula is C26H21FN2O3S. The normalized spacial score (nSPS) is 11.1. The molecule has 0 spiro atoms. The highest BCUT2D eigenvalue weighted by molar-refractivity contribution is 7.92. The van der Waals surface area contributed by atoms with E-state index in [1.807, 2.05) is 54.6 Å². The average molecular weight is 461 g/mol. The molecule has 0 heterocycles. The van der Waals surface area contributed by atoms with Crippen LogP contribution in [0.3, 0.4) is 0 Å². The molecule has 4 aromatic carbocycles. The summed E-state index contributed by atoms with van der Waals surface area (Å²) in [6.45, 7) is 0. The lowest BCUT2D eigenvalue weighted by Crippen LogP contribution is -2.16. The van der Waals surface area contributed by atoms with E-state index in [1.165, 1.54) is 48.5 Å². The van der Waals surface area contributed by atoms with Gasteiger partial charge in [0.05, 0.1) is 10.6 Å². The predicted octanol–water partition coefficient (Wildman–Crippen LogP) is 5.47. The molecule has 0 aliphatic heterocycles. The van der Waals surface area contributed by atoms with Crippen LogP contribution >= 0.6 is 0 Å². The summed E-state index contributed by atoms with van der Waals surface area (Å²) in [6, 6.07) is 28.4. The first-order chi connectivity index (χ1) is 15.9. The van der Waals surface area contributed by atoms with Crippen molar-refractivity contribution >= 4 is 27.3 Å². The van der Waals surface area contributed by atoms with Crippen molar-refractivity contribution in [2.75, 3.05) is 10.0 Å². The molecule has 0 bridgehead atoms. The molecule has 0 atom stereocenters. The zero-order chi connectivity index (χ0) is 23.3. The smallest absolute Gasteiger partial charge is 0.261 e. The van der Waals surface area contributed by atoms with E-state index in [2.05, 4.69) is 10.0 Å². The van der Waals surface area contributed by atoms with Crippen LogP contribution in [0, 0.1) is 5.82 Å². The van der Waals surface area contributed by atoms with Gasteiger partial charge in [-0.3, -0.25) is 9.52 Å². The molecule has 0 fully saturated rings. The number of hydrogen-bond donors (Lipinski definition) is 2. The highest BCUT2D eigenvalue weighted by atomic mass is 32.2. The second-order valence-corrected chi connectivity index (χ2v) is 9.07. The Kier molecular flexibility index (Phi) is 6.51. The van der Waals surface area contributed by atoms with E-state index in [0.29, 0.717) is 17.7 Å². The molecule has 4 rings (SSSR count). The molecule has 166 valence electrons. The number of hydrogen-bond acceptors (Lipinski definition) is 3. The summed E-state index contributed by atoms with van der Waals surface area (Å²) in [5, 5.41) is 2.90. The van der Waals surface area contributed by atoms with Crippen molar-refractivity contribution in [3.8, 4) is 0 Å². The molecule has 0 aromatic heterocycles. The molecule has 1 amide bonds. The highest BCUT2D eigenvalue weighted by Gasteiger charge is 2.17. The van der Waals surface area contributed by atoms with Crippen LogP contribution in [-0.2, 0) is 16.4 Å². The maximum atomic E-state index is 13.8. The van der Waals surface area contributed by atoms with Crippen LogP contribution in [0.15, 0.2) is 108 Å². The fraction of sp³-hybridized carbons (Fsp3) is 0.0385. The summed E-state index contributed by atoms with van der Waals surface area (Å²) < 4.78 is 41.2. The van der Waals surface area contributed by atoms with E-state index in [4.69, 9.17) is 0 Å². The topological polar surface area (TPSA) is 75.3 Å². The second kappa shape index (κ2) is 9.67. The van der Waals surface area contributed by atoms with Crippen molar-refractivity contribution in [1.82, 2.24) is 0 Å². The number of carbonyl (C=O) groups is 1. The van der Waals surface area contributed by atoms with Crippen LogP contribution in [-0.4, -0.2) is 14.3 Å². The van der Waals surface area contributed by atoms with Crippen LogP contribution < -0.4 is 10.0 Å². The third-order valence-corrected chi connectivity index (χ3v) is 6.43. The van der Waals surface area contributed by atoms with E-state index >= 15 is 0 Å². The van der Waals surface area contributed by atoms with Gasteiger partial charge < -0.3 is 5.32 Å². The van der Waals surface area contributed by atoms with Crippen LogP contribution in [0.5, 0.6) is 0 Å². The summed E-state index contributed by atoms with van der Waals surface area (Å²) in [5.41, 5.74) is 2.93. The van der Waals surface area contributed by atoms with E-state index in [0.717, 1.165) is 11.1 Å². The van der Waals surface area contributed by atoms with Crippen molar-refractivity contribution < 1.29 is 17.6 Å². The largest absolute Gasteiger partial charge is 0.322 e. The fourth-order valence-corrected chi connectivity index (χ4v) is 4.41. The number of rotatable bonds is 7. The van der Waals surface area contributed by atoms with Crippen molar-refractivity contribution in [3.63, 3.8) is 0 Å². The number of halogens is 1. The SMILES string of the molecule is O=C(Nc1ccccc1Cc1ccccc1)c1ccc(S(=O)(=O)Nc2ccccc2F)cc1. The van der Waals surface area contributed by atoms with Gasteiger partial charge in [-0.15, -0.1) is 0 Å². The number of nitrogens with one attached hydrogen (secondary N) is 2. The van der Waals surface area contributed by atoms with Gasteiger partial charge in [0.1, 0.15) is 5.82 Å². The van der Waals surface area contributed by atoms with Gasteiger partial charge in [0.25, 0.3) is 15.9 Å². The molecule has 0 saturated carbocycles. The molecule has 0 saturated heterocycles. The van der Waals surface area contributed by atoms with Crippen LogP contribution in [0.1, 0.15) is 21.5 Å². The van der Waals surface area contributed by atoms with E-state index < -0.39 is 15.8 Å². The predicted molar refractivity (Wildman–Crippen MR) is 127 cm³/mol. The first-order valence-corrected chi connectivity index (χ1v) is 11.7. The molecule has 4 aromatic rings. The van der Waals surface area contributed by atoms with Crippen molar-refractivity contribution in [1.29, 1.82) is 0 Å². The van der Waals surface area contributed by atoms with Gasteiger partial charge in [-0.25, -0.2) is 12.8 Å². The Morgan fingerprint density at radius 2 is 1.33 bits per heavy atom. The first-order valence-electron chi connectivity index (χ1n) is 10.2. The zero-order valence-corrected chi connectivity index (χ0v) is 18.3. The van der Waals surface area contributed by atoms with E-state index in [9.17, 15) is 17.6 Å². The van der Waals surface area contributed by atoms with Gasteiger partial charge >= 0.3 is 0 Å². The Bertz CT molecular complexity index is 1370. The number of amides is 1. The zero-order valence-electron chi connectivity index (χ0n) is 17.5. The van der Waals surface area contributed by atoms with E-state index in [-0.39, 0.29) is 16.5 Å². The Morgan fingerprint density at radius 1 is 0.727 bits per heavy atom. The van der Waals surface area contributed by atoms with Gasteiger partial charge in [0.2, 0.25) is 0 Å². The minimum Gasteiger partial charge on any atom is -0.322 e. The lowest BCUT2D eigenvalue weighted by atomic mass is 10.0. The molecular weight excluding hydrogens is 439 g/mol. The van der Waals surface area contributed by atoms with Gasteiger partial charge in [-0.1, -0.05) is 60.7 Å². The van der Waals surface area contributed by atoms with Crippen LogP contribution in [0.25, 0.3) is 0 Å². The third-order valence-electron chi connectivity index (χ3n) is 5.05. The third kappa shape index (κ3) is 5.45. The lowest BCUT2D eigenvalue weighted by Gasteiger charge is -2.12. The number of sulfonamides is 1. The Hall–Kier alpha value is -3.97. The van der Waals surface area contributed by atoms with E-state index in [1.54, 1.807) is 0 Å². The molecule has 2 N–H and O–H groups in total. The fourth-order valence-electron chi connectivity index (χ4n) is 3.34. The molecule has 7 heteroatoms. The average Bonchev–Trinajstić information content (AvgIpc) is 2.82. The summed E-state index contributed by atoms with van der Waals surface area (Å²) >= 11 is 0. The van der Waals surface area contributed by atoms with Gasteiger partial charge in [-0.05, 0) is 60.0 Å². The first kappa shape index (κ1) is 22.2. The minimum atomic E-state index is -4.00. The van der Waals surface area contributed by atoms with Crippen LogP contribution in [0.2, 0.25) is 0 Å². The lowest BCUT2D eigenvalue weighted by molar-refractivity contribution is 0.102. The monoisotopic (exact) mass is 460 g/mol.